The zero-order valence-electron chi connectivity index (χ0n) is 11.9. The van der Waals surface area contributed by atoms with Crippen LogP contribution >= 0.6 is 0 Å². The summed E-state index contributed by atoms with van der Waals surface area (Å²) in [6, 6.07) is 8.63. The summed E-state index contributed by atoms with van der Waals surface area (Å²) in [6.07, 6.45) is 5.87. The van der Waals surface area contributed by atoms with Crippen LogP contribution in [0.1, 0.15) is 22.3 Å². The number of pyridine rings is 1. The highest BCUT2D eigenvalue weighted by molar-refractivity contribution is 5.39. The van der Waals surface area contributed by atoms with Crippen LogP contribution in [0.3, 0.4) is 0 Å². The van der Waals surface area contributed by atoms with Crippen molar-refractivity contribution in [3.05, 3.63) is 58.9 Å². The number of nitrogens with zero attached hydrogens (tertiary/aromatic N) is 1. The van der Waals surface area contributed by atoms with Crippen molar-refractivity contribution in [1.29, 1.82) is 0 Å². The molecule has 3 nitrogen and oxygen atoms in total. The van der Waals surface area contributed by atoms with Gasteiger partial charge in [0.2, 0.25) is 0 Å². The van der Waals surface area contributed by atoms with Crippen LogP contribution in [0.15, 0.2) is 36.7 Å². The number of fused-ring (bicyclic) bond motifs is 1. The standard InChI is InChI=1S/C17H20N2O/c1-13-11-18-8-5-16(13)12-19-7-4-14-2-3-17-15(10-14)6-9-20-17/h2-3,5,8,10-11,19H,4,6-7,9,12H2,1H3. The fourth-order valence-electron chi connectivity index (χ4n) is 2.55. The van der Waals surface area contributed by atoms with Gasteiger partial charge in [0.1, 0.15) is 5.75 Å². The van der Waals surface area contributed by atoms with Crippen LogP contribution in [0.4, 0.5) is 0 Å². The van der Waals surface area contributed by atoms with Crippen molar-refractivity contribution in [3.63, 3.8) is 0 Å². The quantitative estimate of drug-likeness (QED) is 0.847. The zero-order valence-corrected chi connectivity index (χ0v) is 11.9. The van der Waals surface area contributed by atoms with Gasteiger partial charge in [-0.3, -0.25) is 4.98 Å². The number of rotatable bonds is 5. The molecule has 2 aromatic rings. The molecule has 0 amide bonds. The lowest BCUT2D eigenvalue weighted by Gasteiger charge is -2.08. The Bertz CT molecular complexity index is 595. The smallest absolute Gasteiger partial charge is 0.122 e. The number of benzene rings is 1. The van der Waals surface area contributed by atoms with Crippen LogP contribution in [0.2, 0.25) is 0 Å². The largest absolute Gasteiger partial charge is 0.493 e. The molecule has 3 rings (SSSR count). The number of aryl methyl sites for hydroxylation is 1. The summed E-state index contributed by atoms with van der Waals surface area (Å²) in [5.41, 5.74) is 5.30. The maximum Gasteiger partial charge on any atom is 0.122 e. The van der Waals surface area contributed by atoms with Gasteiger partial charge in [-0.2, -0.15) is 0 Å². The minimum absolute atomic E-state index is 0.832. The minimum Gasteiger partial charge on any atom is -0.493 e. The topological polar surface area (TPSA) is 34.2 Å². The monoisotopic (exact) mass is 268 g/mol. The van der Waals surface area contributed by atoms with Gasteiger partial charge in [-0.15, -0.1) is 0 Å². The van der Waals surface area contributed by atoms with E-state index in [9.17, 15) is 0 Å². The van der Waals surface area contributed by atoms with Crippen molar-refractivity contribution in [1.82, 2.24) is 10.3 Å². The lowest BCUT2D eigenvalue weighted by molar-refractivity contribution is 0.357. The Morgan fingerprint density at radius 3 is 3.15 bits per heavy atom. The van der Waals surface area contributed by atoms with Crippen LogP contribution in [0.25, 0.3) is 0 Å². The number of nitrogens with one attached hydrogen (secondary N) is 1. The number of aromatic nitrogens is 1. The maximum atomic E-state index is 5.53. The third kappa shape index (κ3) is 2.99. The summed E-state index contributed by atoms with van der Waals surface area (Å²) in [6.45, 7) is 4.83. The number of hydrogen-bond donors (Lipinski definition) is 1. The first-order chi connectivity index (χ1) is 9.83. The van der Waals surface area contributed by atoms with Crippen LogP contribution < -0.4 is 10.1 Å². The highest BCUT2D eigenvalue weighted by Crippen LogP contribution is 2.25. The Kier molecular flexibility index (Phi) is 3.97. The molecule has 2 heterocycles. The molecule has 20 heavy (non-hydrogen) atoms. The Morgan fingerprint density at radius 1 is 1.30 bits per heavy atom. The van der Waals surface area contributed by atoms with E-state index in [4.69, 9.17) is 4.74 Å². The second-order valence-corrected chi connectivity index (χ2v) is 5.27. The summed E-state index contributed by atoms with van der Waals surface area (Å²) in [7, 11) is 0. The fourth-order valence-corrected chi connectivity index (χ4v) is 2.55. The van der Waals surface area contributed by atoms with E-state index in [0.717, 1.165) is 38.3 Å². The third-order valence-corrected chi connectivity index (χ3v) is 3.80. The maximum absolute atomic E-state index is 5.53. The first-order valence-electron chi connectivity index (χ1n) is 7.18. The third-order valence-electron chi connectivity index (χ3n) is 3.80. The van der Waals surface area contributed by atoms with Crippen molar-refractivity contribution >= 4 is 0 Å². The molecule has 0 atom stereocenters. The molecule has 1 aliphatic heterocycles. The van der Waals surface area contributed by atoms with E-state index < -0.39 is 0 Å². The summed E-state index contributed by atoms with van der Waals surface area (Å²) in [5.74, 6) is 1.06. The van der Waals surface area contributed by atoms with Crippen molar-refractivity contribution in [3.8, 4) is 5.75 Å². The molecule has 0 bridgehead atoms. The van der Waals surface area contributed by atoms with Gasteiger partial charge in [-0.1, -0.05) is 12.1 Å². The minimum atomic E-state index is 0.832. The van der Waals surface area contributed by atoms with Crippen LogP contribution in [0.5, 0.6) is 5.75 Å². The Morgan fingerprint density at radius 2 is 2.25 bits per heavy atom. The summed E-state index contributed by atoms with van der Waals surface area (Å²) in [5, 5.41) is 3.50. The molecule has 1 aliphatic rings. The normalized spacial score (nSPS) is 13.1. The van der Waals surface area contributed by atoms with Gasteiger partial charge in [0, 0.05) is 25.4 Å². The lowest BCUT2D eigenvalue weighted by atomic mass is 10.1. The molecule has 1 aromatic carbocycles. The van der Waals surface area contributed by atoms with Crippen molar-refractivity contribution in [2.24, 2.45) is 0 Å². The molecule has 0 spiro atoms. The Balaban J connectivity index is 1.49. The number of ether oxygens (including phenoxy) is 1. The molecular formula is C17H20N2O. The van der Waals surface area contributed by atoms with Gasteiger partial charge >= 0.3 is 0 Å². The highest BCUT2D eigenvalue weighted by Gasteiger charge is 2.11. The zero-order chi connectivity index (χ0) is 13.8. The predicted octanol–water partition coefficient (Wildman–Crippen LogP) is 2.66. The molecule has 0 saturated heterocycles. The SMILES string of the molecule is Cc1cnccc1CNCCc1ccc2c(c1)CCO2. The van der Waals surface area contributed by atoms with Crippen molar-refractivity contribution in [2.75, 3.05) is 13.2 Å². The molecule has 1 aromatic heterocycles. The van der Waals surface area contributed by atoms with Gasteiger partial charge < -0.3 is 10.1 Å². The molecule has 104 valence electrons. The van der Waals surface area contributed by atoms with Gasteiger partial charge in [0.05, 0.1) is 6.61 Å². The first-order valence-corrected chi connectivity index (χ1v) is 7.18. The van der Waals surface area contributed by atoms with Crippen LogP contribution in [-0.4, -0.2) is 18.1 Å². The van der Waals surface area contributed by atoms with Crippen LogP contribution in [0, 0.1) is 6.92 Å². The molecule has 3 heteroatoms. The Labute approximate surface area is 120 Å². The van der Waals surface area contributed by atoms with Gasteiger partial charge in [0.25, 0.3) is 0 Å². The molecule has 0 aliphatic carbocycles. The molecule has 1 N–H and O–H groups in total. The Hall–Kier alpha value is -1.87. The van der Waals surface area contributed by atoms with Crippen molar-refractivity contribution in [2.45, 2.75) is 26.3 Å². The first kappa shape index (κ1) is 13.1. The van der Waals surface area contributed by atoms with E-state index in [1.807, 2.05) is 12.4 Å². The van der Waals surface area contributed by atoms with Gasteiger partial charge in [-0.05, 0) is 54.3 Å². The summed E-state index contributed by atoms with van der Waals surface area (Å²) >= 11 is 0. The second-order valence-electron chi connectivity index (χ2n) is 5.27. The number of hydrogen-bond acceptors (Lipinski definition) is 3. The molecular weight excluding hydrogens is 248 g/mol. The van der Waals surface area contributed by atoms with Gasteiger partial charge in [0.15, 0.2) is 0 Å². The summed E-state index contributed by atoms with van der Waals surface area (Å²) < 4.78 is 5.53. The average molecular weight is 268 g/mol. The van der Waals surface area contributed by atoms with E-state index >= 15 is 0 Å². The van der Waals surface area contributed by atoms with E-state index in [2.05, 4.69) is 41.5 Å². The van der Waals surface area contributed by atoms with E-state index in [1.54, 1.807) is 0 Å². The van der Waals surface area contributed by atoms with E-state index in [1.165, 1.54) is 22.3 Å². The molecule has 0 radical (unpaired) electrons. The second kappa shape index (κ2) is 6.06. The van der Waals surface area contributed by atoms with Crippen LogP contribution in [-0.2, 0) is 19.4 Å². The van der Waals surface area contributed by atoms with E-state index in [0.29, 0.717) is 0 Å². The average Bonchev–Trinajstić information content (AvgIpc) is 2.93. The fraction of sp³-hybridized carbons (Fsp3) is 0.353. The highest BCUT2D eigenvalue weighted by atomic mass is 16.5. The van der Waals surface area contributed by atoms with E-state index in [-0.39, 0.29) is 0 Å². The summed E-state index contributed by atoms with van der Waals surface area (Å²) in [4.78, 5) is 4.11. The van der Waals surface area contributed by atoms with Gasteiger partial charge in [-0.25, -0.2) is 0 Å². The van der Waals surface area contributed by atoms with Crippen molar-refractivity contribution < 1.29 is 4.74 Å². The molecule has 0 fully saturated rings. The lowest BCUT2D eigenvalue weighted by Crippen LogP contribution is -2.17. The predicted molar refractivity (Wildman–Crippen MR) is 80.0 cm³/mol. The molecule has 0 unspecified atom stereocenters. The molecule has 0 saturated carbocycles.